The average Bonchev–Trinajstić information content (AvgIpc) is 3.24. The van der Waals surface area contributed by atoms with Crippen molar-refractivity contribution in [1.29, 1.82) is 0 Å². The van der Waals surface area contributed by atoms with Crippen LogP contribution in [0.1, 0.15) is 70.0 Å². The molecule has 1 spiro atoms. The highest BCUT2D eigenvalue weighted by atomic mass is 32.1. The maximum absolute atomic E-state index is 13.4. The van der Waals surface area contributed by atoms with Crippen LogP contribution in [0.15, 0.2) is 11.6 Å². The van der Waals surface area contributed by atoms with Crippen LogP contribution in [0.25, 0.3) is 0 Å². The van der Waals surface area contributed by atoms with E-state index in [-0.39, 0.29) is 11.3 Å². The number of piperidine rings is 1. The van der Waals surface area contributed by atoms with Crippen molar-refractivity contribution < 1.29 is 4.79 Å². The number of amides is 1. The fourth-order valence-electron chi connectivity index (χ4n) is 5.17. The molecule has 0 radical (unpaired) electrons. The van der Waals surface area contributed by atoms with Gasteiger partial charge in [-0.1, -0.05) is 0 Å². The number of aryl methyl sites for hydroxylation is 3. The molecule has 136 valence electrons. The Kier molecular flexibility index (Phi) is 3.89. The second-order valence-electron chi connectivity index (χ2n) is 8.18. The Hall–Kier alpha value is -1.75. The van der Waals surface area contributed by atoms with E-state index < -0.39 is 0 Å². The first-order chi connectivity index (χ1) is 12.7. The molecule has 3 aliphatic rings. The van der Waals surface area contributed by atoms with Crippen molar-refractivity contribution in [3.05, 3.63) is 44.7 Å². The number of fused-ring (bicyclic) bond motifs is 3. The quantitative estimate of drug-likeness (QED) is 0.769. The van der Waals surface area contributed by atoms with E-state index in [2.05, 4.69) is 15.3 Å². The van der Waals surface area contributed by atoms with Crippen LogP contribution in [0, 0.1) is 6.92 Å². The molecular weight excluding hydrogens is 342 g/mol. The molecule has 2 aliphatic carbocycles. The summed E-state index contributed by atoms with van der Waals surface area (Å²) >= 11 is 1.67. The van der Waals surface area contributed by atoms with Gasteiger partial charge < -0.3 is 4.90 Å². The molecule has 1 fully saturated rings. The van der Waals surface area contributed by atoms with Crippen LogP contribution in [0.4, 0.5) is 0 Å². The molecular formula is C21H25N3OS. The van der Waals surface area contributed by atoms with E-state index in [0.29, 0.717) is 0 Å². The predicted octanol–water partition coefficient (Wildman–Crippen LogP) is 3.85. The molecule has 0 N–H and O–H groups in total. The standard InChI is InChI=1S/C21H25N3OS/c1-14-22-11-15-7-9-21(19(15)23-14)8-4-10-24(13-21)20(25)18-17-6-3-2-5-16(17)12-26-18/h11-12H,2-10,13H2,1H3. The molecule has 0 saturated carbocycles. The largest absolute Gasteiger partial charge is 0.337 e. The van der Waals surface area contributed by atoms with Crippen molar-refractivity contribution in [2.75, 3.05) is 13.1 Å². The molecule has 1 amide bonds. The molecule has 1 atom stereocenters. The first kappa shape index (κ1) is 16.4. The van der Waals surface area contributed by atoms with Gasteiger partial charge in [0.2, 0.25) is 0 Å². The average molecular weight is 368 g/mol. The van der Waals surface area contributed by atoms with Gasteiger partial charge >= 0.3 is 0 Å². The van der Waals surface area contributed by atoms with E-state index in [1.54, 1.807) is 11.3 Å². The number of rotatable bonds is 1. The number of thiophene rings is 1. The third-order valence-corrected chi connectivity index (χ3v) is 7.58. The van der Waals surface area contributed by atoms with Gasteiger partial charge in [-0.25, -0.2) is 9.97 Å². The smallest absolute Gasteiger partial charge is 0.264 e. The van der Waals surface area contributed by atoms with Gasteiger partial charge in [0.05, 0.1) is 10.6 Å². The Balaban J connectivity index is 1.45. The fourth-order valence-corrected chi connectivity index (χ4v) is 6.30. The lowest BCUT2D eigenvalue weighted by molar-refractivity contribution is 0.0637. The van der Waals surface area contributed by atoms with E-state index in [1.807, 2.05) is 13.1 Å². The van der Waals surface area contributed by atoms with Crippen LogP contribution in [0.3, 0.4) is 0 Å². The normalized spacial score (nSPS) is 24.6. The number of carbonyl (C=O) groups excluding carboxylic acids is 1. The molecule has 0 bridgehead atoms. The van der Waals surface area contributed by atoms with Crippen molar-refractivity contribution in [2.24, 2.45) is 0 Å². The summed E-state index contributed by atoms with van der Waals surface area (Å²) in [7, 11) is 0. The Morgan fingerprint density at radius 3 is 2.96 bits per heavy atom. The van der Waals surface area contributed by atoms with Crippen LogP contribution in [-0.4, -0.2) is 33.9 Å². The molecule has 5 rings (SSSR count). The molecule has 2 aromatic heterocycles. The molecule has 1 aliphatic heterocycles. The molecule has 3 heterocycles. The van der Waals surface area contributed by atoms with Gasteiger partial charge in [-0.15, -0.1) is 11.3 Å². The van der Waals surface area contributed by atoms with E-state index in [1.165, 1.54) is 35.2 Å². The minimum absolute atomic E-state index is 0.0499. The maximum atomic E-state index is 13.4. The summed E-state index contributed by atoms with van der Waals surface area (Å²) in [5, 5.41) is 2.23. The summed E-state index contributed by atoms with van der Waals surface area (Å²) < 4.78 is 0. The highest BCUT2D eigenvalue weighted by molar-refractivity contribution is 7.12. The van der Waals surface area contributed by atoms with Gasteiger partial charge in [0.1, 0.15) is 5.82 Å². The Morgan fingerprint density at radius 1 is 1.15 bits per heavy atom. The number of carbonyl (C=O) groups is 1. The van der Waals surface area contributed by atoms with Crippen molar-refractivity contribution in [3.63, 3.8) is 0 Å². The van der Waals surface area contributed by atoms with E-state index in [9.17, 15) is 4.79 Å². The minimum Gasteiger partial charge on any atom is -0.337 e. The number of hydrogen-bond donors (Lipinski definition) is 0. The van der Waals surface area contributed by atoms with Gasteiger partial charge in [-0.2, -0.15) is 0 Å². The molecule has 1 unspecified atom stereocenters. The third-order valence-electron chi connectivity index (χ3n) is 6.52. The second-order valence-corrected chi connectivity index (χ2v) is 9.06. The summed E-state index contributed by atoms with van der Waals surface area (Å²) in [4.78, 5) is 25.7. The fraction of sp³-hybridized carbons (Fsp3) is 0.571. The zero-order valence-electron chi connectivity index (χ0n) is 15.4. The molecule has 2 aromatic rings. The second kappa shape index (κ2) is 6.15. The number of likely N-dealkylation sites (tertiary alicyclic amines) is 1. The number of aromatic nitrogens is 2. The maximum Gasteiger partial charge on any atom is 0.264 e. The van der Waals surface area contributed by atoms with E-state index >= 15 is 0 Å². The van der Waals surface area contributed by atoms with Crippen LogP contribution in [-0.2, 0) is 24.7 Å². The SMILES string of the molecule is Cc1ncc2c(n1)C1(CCCN(C(=O)c3scc4c3CCCC4)C1)CC2. The van der Waals surface area contributed by atoms with Crippen molar-refractivity contribution >= 4 is 17.2 Å². The molecule has 26 heavy (non-hydrogen) atoms. The lowest BCUT2D eigenvalue weighted by atomic mass is 9.77. The highest BCUT2D eigenvalue weighted by Gasteiger charge is 2.45. The Labute approximate surface area is 158 Å². The highest BCUT2D eigenvalue weighted by Crippen LogP contribution is 2.44. The summed E-state index contributed by atoms with van der Waals surface area (Å²) in [5.41, 5.74) is 5.32. The van der Waals surface area contributed by atoms with Crippen LogP contribution in [0.2, 0.25) is 0 Å². The van der Waals surface area contributed by atoms with Gasteiger partial charge in [0.15, 0.2) is 0 Å². The van der Waals surface area contributed by atoms with Gasteiger partial charge in [0.25, 0.3) is 5.91 Å². The Bertz CT molecular complexity index is 870. The predicted molar refractivity (Wildman–Crippen MR) is 103 cm³/mol. The summed E-state index contributed by atoms with van der Waals surface area (Å²) in [6.45, 7) is 3.67. The monoisotopic (exact) mass is 367 g/mol. The summed E-state index contributed by atoms with van der Waals surface area (Å²) in [6.07, 6.45) is 11.1. The van der Waals surface area contributed by atoms with Gasteiger partial charge in [0, 0.05) is 24.7 Å². The minimum atomic E-state index is 0.0499. The topological polar surface area (TPSA) is 46.1 Å². The lowest BCUT2D eigenvalue weighted by Crippen LogP contribution is -2.48. The number of hydrogen-bond acceptors (Lipinski definition) is 4. The zero-order valence-corrected chi connectivity index (χ0v) is 16.2. The molecule has 1 saturated heterocycles. The van der Waals surface area contributed by atoms with Crippen molar-refractivity contribution in [2.45, 2.75) is 63.7 Å². The third kappa shape index (κ3) is 2.51. The van der Waals surface area contributed by atoms with Crippen LogP contribution >= 0.6 is 11.3 Å². The van der Waals surface area contributed by atoms with Crippen molar-refractivity contribution in [3.8, 4) is 0 Å². The number of nitrogens with zero attached hydrogens (tertiary/aromatic N) is 3. The molecule has 4 nitrogen and oxygen atoms in total. The first-order valence-corrected chi connectivity index (χ1v) is 10.8. The van der Waals surface area contributed by atoms with Crippen LogP contribution in [0.5, 0.6) is 0 Å². The molecule has 0 aromatic carbocycles. The summed E-state index contributed by atoms with van der Waals surface area (Å²) in [5.74, 6) is 1.11. The van der Waals surface area contributed by atoms with E-state index in [4.69, 9.17) is 4.98 Å². The van der Waals surface area contributed by atoms with Crippen molar-refractivity contribution in [1.82, 2.24) is 14.9 Å². The lowest BCUT2D eigenvalue weighted by Gasteiger charge is -2.40. The zero-order chi connectivity index (χ0) is 17.7. The van der Waals surface area contributed by atoms with E-state index in [0.717, 1.165) is 62.3 Å². The van der Waals surface area contributed by atoms with Gasteiger partial charge in [-0.3, -0.25) is 4.79 Å². The summed E-state index contributed by atoms with van der Waals surface area (Å²) in [6, 6.07) is 0. The Morgan fingerprint density at radius 2 is 2.04 bits per heavy atom. The molecule has 5 heteroatoms. The van der Waals surface area contributed by atoms with Gasteiger partial charge in [-0.05, 0) is 80.4 Å². The first-order valence-electron chi connectivity index (χ1n) is 9.88. The van der Waals surface area contributed by atoms with Crippen LogP contribution < -0.4 is 0 Å².